The zero-order chi connectivity index (χ0) is 17.9. The number of nitrogens with one attached hydrogen (secondary N) is 1. The number of anilines is 1. The Hall–Kier alpha value is -2.82. The Morgan fingerprint density at radius 1 is 1.23 bits per heavy atom. The number of aliphatic imine (C=N–C) groups is 1. The third-order valence-electron chi connectivity index (χ3n) is 5.02. The Morgan fingerprint density at radius 2 is 2.12 bits per heavy atom. The van der Waals surface area contributed by atoms with Crippen molar-refractivity contribution in [2.45, 2.75) is 25.7 Å². The van der Waals surface area contributed by atoms with Gasteiger partial charge in [-0.2, -0.15) is 0 Å². The van der Waals surface area contributed by atoms with Crippen LogP contribution in [0.5, 0.6) is 5.75 Å². The zero-order valence-corrected chi connectivity index (χ0v) is 15.0. The van der Waals surface area contributed by atoms with Gasteiger partial charge in [0.15, 0.2) is 0 Å². The molecule has 134 valence electrons. The summed E-state index contributed by atoms with van der Waals surface area (Å²) in [5.41, 5.74) is 4.80. The Kier molecular flexibility index (Phi) is 4.61. The predicted octanol–water partition coefficient (Wildman–Crippen LogP) is 3.04. The Morgan fingerprint density at radius 3 is 3.00 bits per heavy atom. The van der Waals surface area contributed by atoms with Gasteiger partial charge in [-0.3, -0.25) is 14.7 Å². The van der Waals surface area contributed by atoms with Crippen LogP contribution in [-0.4, -0.2) is 37.0 Å². The number of amides is 1. The molecule has 2 aromatic rings. The monoisotopic (exact) mass is 349 g/mol. The van der Waals surface area contributed by atoms with Crippen LogP contribution in [0.25, 0.3) is 0 Å². The van der Waals surface area contributed by atoms with Crippen molar-refractivity contribution in [1.29, 1.82) is 0 Å². The van der Waals surface area contributed by atoms with Crippen molar-refractivity contribution in [1.82, 2.24) is 4.90 Å². The van der Waals surface area contributed by atoms with Crippen molar-refractivity contribution >= 4 is 17.6 Å². The fourth-order valence-electron chi connectivity index (χ4n) is 3.71. The highest BCUT2D eigenvalue weighted by Crippen LogP contribution is 2.29. The SMILES string of the molecule is COc1cccc(CC(=O)N2CCN=C2Nc2cccc3c2CCC3)c1. The second-order valence-electron chi connectivity index (χ2n) is 6.70. The van der Waals surface area contributed by atoms with Gasteiger partial charge in [-0.05, 0) is 54.2 Å². The van der Waals surface area contributed by atoms with Crippen LogP contribution in [0, 0.1) is 0 Å². The molecule has 4 rings (SSSR count). The summed E-state index contributed by atoms with van der Waals surface area (Å²) in [6.07, 6.45) is 3.75. The van der Waals surface area contributed by atoms with Crippen molar-refractivity contribution in [3.05, 3.63) is 59.2 Å². The lowest BCUT2D eigenvalue weighted by atomic mass is 10.1. The van der Waals surface area contributed by atoms with Crippen LogP contribution in [0.4, 0.5) is 5.69 Å². The van der Waals surface area contributed by atoms with E-state index in [2.05, 4.69) is 28.5 Å². The number of methoxy groups -OCH3 is 1. The number of rotatable bonds is 4. The molecule has 5 nitrogen and oxygen atoms in total. The summed E-state index contributed by atoms with van der Waals surface area (Å²) in [5, 5.41) is 3.41. The fraction of sp³-hybridized carbons (Fsp3) is 0.333. The maximum Gasteiger partial charge on any atom is 0.233 e. The van der Waals surface area contributed by atoms with E-state index < -0.39 is 0 Å². The number of hydrogen-bond donors (Lipinski definition) is 1. The number of nitrogens with zero attached hydrogens (tertiary/aromatic N) is 2. The van der Waals surface area contributed by atoms with Gasteiger partial charge in [-0.1, -0.05) is 24.3 Å². The average molecular weight is 349 g/mol. The van der Waals surface area contributed by atoms with E-state index in [1.807, 2.05) is 24.3 Å². The van der Waals surface area contributed by atoms with Crippen molar-refractivity contribution in [3.8, 4) is 5.75 Å². The molecule has 0 saturated heterocycles. The molecule has 5 heteroatoms. The third kappa shape index (κ3) is 3.29. The normalized spacial score (nSPS) is 15.6. The molecule has 0 fully saturated rings. The quantitative estimate of drug-likeness (QED) is 0.923. The topological polar surface area (TPSA) is 53.9 Å². The summed E-state index contributed by atoms with van der Waals surface area (Å²) in [6, 6.07) is 14.0. The molecule has 0 bridgehead atoms. The minimum Gasteiger partial charge on any atom is -0.497 e. The van der Waals surface area contributed by atoms with Gasteiger partial charge < -0.3 is 10.1 Å². The van der Waals surface area contributed by atoms with Crippen molar-refractivity contribution in [2.75, 3.05) is 25.5 Å². The maximum absolute atomic E-state index is 12.8. The number of ether oxygens (including phenoxy) is 1. The van der Waals surface area contributed by atoms with Gasteiger partial charge in [-0.15, -0.1) is 0 Å². The first-order valence-electron chi connectivity index (χ1n) is 9.10. The molecule has 1 heterocycles. The van der Waals surface area contributed by atoms with E-state index in [1.54, 1.807) is 12.0 Å². The largest absolute Gasteiger partial charge is 0.497 e. The van der Waals surface area contributed by atoms with Crippen LogP contribution < -0.4 is 10.1 Å². The predicted molar refractivity (Wildman–Crippen MR) is 103 cm³/mol. The van der Waals surface area contributed by atoms with Crippen LogP contribution in [-0.2, 0) is 24.1 Å². The van der Waals surface area contributed by atoms with E-state index in [0.29, 0.717) is 25.5 Å². The van der Waals surface area contributed by atoms with Crippen molar-refractivity contribution < 1.29 is 9.53 Å². The molecule has 26 heavy (non-hydrogen) atoms. The van der Waals surface area contributed by atoms with Crippen molar-refractivity contribution in [2.24, 2.45) is 4.99 Å². The summed E-state index contributed by atoms with van der Waals surface area (Å²) in [5.74, 6) is 1.48. The Bertz CT molecular complexity index is 860. The highest BCUT2D eigenvalue weighted by molar-refractivity contribution is 6.06. The van der Waals surface area contributed by atoms with Gasteiger partial charge >= 0.3 is 0 Å². The summed E-state index contributed by atoms with van der Waals surface area (Å²) >= 11 is 0. The third-order valence-corrected chi connectivity index (χ3v) is 5.02. The van der Waals surface area contributed by atoms with Crippen LogP contribution in [0.3, 0.4) is 0 Å². The lowest BCUT2D eigenvalue weighted by Crippen LogP contribution is -2.39. The molecule has 0 spiro atoms. The maximum atomic E-state index is 12.8. The fourth-order valence-corrected chi connectivity index (χ4v) is 3.71. The molecule has 0 saturated carbocycles. The molecule has 0 aromatic heterocycles. The summed E-state index contributed by atoms with van der Waals surface area (Å²) < 4.78 is 5.24. The highest BCUT2D eigenvalue weighted by Gasteiger charge is 2.25. The molecule has 1 aliphatic heterocycles. The number of aryl methyl sites for hydroxylation is 1. The summed E-state index contributed by atoms with van der Waals surface area (Å²) in [6.45, 7) is 1.27. The molecule has 2 aliphatic rings. The number of fused-ring (bicyclic) bond motifs is 1. The Labute approximate surface area is 153 Å². The molecule has 0 atom stereocenters. The molecule has 1 amide bonds. The molecular formula is C21H23N3O2. The van der Waals surface area contributed by atoms with E-state index in [-0.39, 0.29) is 5.91 Å². The minimum atomic E-state index is 0.0505. The summed E-state index contributed by atoms with van der Waals surface area (Å²) in [7, 11) is 1.63. The van der Waals surface area contributed by atoms with E-state index in [1.165, 1.54) is 17.5 Å². The number of carbonyl (C=O) groups is 1. The van der Waals surface area contributed by atoms with E-state index in [4.69, 9.17) is 4.74 Å². The minimum absolute atomic E-state index is 0.0505. The van der Waals surface area contributed by atoms with Gasteiger partial charge in [0.05, 0.1) is 20.1 Å². The number of hydrogen-bond acceptors (Lipinski definition) is 4. The first-order valence-corrected chi connectivity index (χ1v) is 9.10. The number of carbonyl (C=O) groups excluding carboxylic acids is 1. The highest BCUT2D eigenvalue weighted by atomic mass is 16.5. The second kappa shape index (κ2) is 7.20. The zero-order valence-electron chi connectivity index (χ0n) is 15.0. The van der Waals surface area contributed by atoms with Crippen LogP contribution in [0.1, 0.15) is 23.1 Å². The molecule has 1 aliphatic carbocycles. The molecule has 2 aromatic carbocycles. The first-order chi connectivity index (χ1) is 12.7. The molecular weight excluding hydrogens is 326 g/mol. The van der Waals surface area contributed by atoms with E-state index in [9.17, 15) is 4.79 Å². The van der Waals surface area contributed by atoms with E-state index >= 15 is 0 Å². The smallest absolute Gasteiger partial charge is 0.233 e. The van der Waals surface area contributed by atoms with Gasteiger partial charge in [0.1, 0.15) is 5.75 Å². The van der Waals surface area contributed by atoms with Gasteiger partial charge in [-0.25, -0.2) is 0 Å². The number of benzene rings is 2. The Balaban J connectivity index is 1.48. The first kappa shape index (κ1) is 16.6. The van der Waals surface area contributed by atoms with Crippen LogP contribution in [0.15, 0.2) is 47.5 Å². The van der Waals surface area contributed by atoms with Crippen LogP contribution in [0.2, 0.25) is 0 Å². The van der Waals surface area contributed by atoms with Crippen molar-refractivity contribution in [3.63, 3.8) is 0 Å². The average Bonchev–Trinajstić information content (AvgIpc) is 3.31. The molecule has 0 radical (unpaired) electrons. The van der Waals surface area contributed by atoms with Crippen LogP contribution >= 0.6 is 0 Å². The van der Waals surface area contributed by atoms with E-state index in [0.717, 1.165) is 29.8 Å². The van der Waals surface area contributed by atoms with Gasteiger partial charge in [0, 0.05) is 12.2 Å². The molecule has 1 N–H and O–H groups in total. The molecule has 0 unspecified atom stereocenters. The number of guanidine groups is 1. The standard InChI is InChI=1S/C21H23N3O2/c1-26-17-8-2-5-15(13-17)14-20(25)24-12-11-22-21(24)23-19-10-4-7-16-6-3-9-18(16)19/h2,4-5,7-8,10,13H,3,6,9,11-12,14H2,1H3,(H,22,23). The lowest BCUT2D eigenvalue weighted by molar-refractivity contribution is -0.126. The summed E-state index contributed by atoms with van der Waals surface area (Å²) in [4.78, 5) is 19.1. The second-order valence-corrected chi connectivity index (χ2v) is 6.70. The lowest BCUT2D eigenvalue weighted by Gasteiger charge is -2.20. The van der Waals surface area contributed by atoms with Gasteiger partial charge in [0.25, 0.3) is 0 Å². The van der Waals surface area contributed by atoms with Gasteiger partial charge in [0.2, 0.25) is 11.9 Å².